The molecule has 0 saturated heterocycles. The lowest BCUT2D eigenvalue weighted by molar-refractivity contribution is 0.103. The van der Waals surface area contributed by atoms with Crippen LogP contribution in [0, 0.1) is 18.6 Å². The molecule has 0 atom stereocenters. The monoisotopic (exact) mass is 282 g/mol. The highest BCUT2D eigenvalue weighted by Gasteiger charge is 2.16. The third-order valence-corrected chi connectivity index (χ3v) is 3.50. The van der Waals surface area contributed by atoms with Crippen LogP contribution in [0.2, 0.25) is 0 Å². The Balaban J connectivity index is 2.10. The van der Waals surface area contributed by atoms with Crippen molar-refractivity contribution < 1.29 is 13.6 Å². The van der Waals surface area contributed by atoms with Crippen LogP contribution in [-0.2, 0) is 0 Å². The van der Waals surface area contributed by atoms with E-state index in [-0.39, 0.29) is 11.1 Å². The number of carbonyl (C=O) groups excluding carboxylic acids is 1. The fourth-order valence-electron chi connectivity index (χ4n) is 2.32. The molecule has 0 amide bonds. The third-order valence-electron chi connectivity index (χ3n) is 3.50. The zero-order valence-electron chi connectivity index (χ0n) is 11.4. The van der Waals surface area contributed by atoms with Crippen LogP contribution in [0.1, 0.15) is 21.5 Å². The van der Waals surface area contributed by atoms with Crippen molar-refractivity contribution in [3.8, 4) is 0 Å². The van der Waals surface area contributed by atoms with Crippen LogP contribution >= 0.6 is 0 Å². The minimum absolute atomic E-state index is 0.107. The number of rotatable bonds is 2. The Labute approximate surface area is 120 Å². The fraction of sp³-hybridized carbons (Fsp3) is 0.0556. The summed E-state index contributed by atoms with van der Waals surface area (Å²) in [6, 6.07) is 14.8. The first-order valence-electron chi connectivity index (χ1n) is 6.55. The predicted molar refractivity (Wildman–Crippen MR) is 78.5 cm³/mol. The number of benzene rings is 3. The molecule has 0 bridgehead atoms. The molecule has 0 aromatic heterocycles. The molecule has 104 valence electrons. The zero-order chi connectivity index (χ0) is 15.0. The molecule has 1 nitrogen and oxygen atoms in total. The van der Waals surface area contributed by atoms with Gasteiger partial charge in [-0.3, -0.25) is 4.79 Å². The second-order valence-corrected chi connectivity index (χ2v) is 4.97. The number of hydrogen-bond donors (Lipinski definition) is 0. The molecule has 3 rings (SSSR count). The molecule has 0 saturated carbocycles. The van der Waals surface area contributed by atoms with E-state index in [1.54, 1.807) is 12.1 Å². The Morgan fingerprint density at radius 3 is 2.33 bits per heavy atom. The van der Waals surface area contributed by atoms with Crippen molar-refractivity contribution >= 4 is 16.6 Å². The van der Waals surface area contributed by atoms with Crippen molar-refractivity contribution in [2.45, 2.75) is 6.92 Å². The lowest BCUT2D eigenvalue weighted by Crippen LogP contribution is -2.06. The maximum atomic E-state index is 13.8. The van der Waals surface area contributed by atoms with Gasteiger partial charge in [-0.05, 0) is 35.4 Å². The summed E-state index contributed by atoms with van der Waals surface area (Å²) in [6.07, 6.45) is 0. The topological polar surface area (TPSA) is 17.1 Å². The van der Waals surface area contributed by atoms with Gasteiger partial charge in [-0.1, -0.05) is 36.4 Å². The largest absolute Gasteiger partial charge is 0.288 e. The first kappa shape index (κ1) is 13.4. The number of aryl methyl sites for hydroxylation is 1. The summed E-state index contributed by atoms with van der Waals surface area (Å²) in [7, 11) is 0. The molecule has 0 aliphatic carbocycles. The van der Waals surface area contributed by atoms with Gasteiger partial charge in [0.2, 0.25) is 0 Å². The minimum Gasteiger partial charge on any atom is -0.288 e. The van der Waals surface area contributed by atoms with Crippen LogP contribution < -0.4 is 0 Å². The molecule has 0 unspecified atom stereocenters. The number of hydrogen-bond acceptors (Lipinski definition) is 1. The number of ketones is 1. The number of halogens is 2. The van der Waals surface area contributed by atoms with E-state index in [1.807, 2.05) is 30.3 Å². The second-order valence-electron chi connectivity index (χ2n) is 4.97. The highest BCUT2D eigenvalue weighted by atomic mass is 19.1. The van der Waals surface area contributed by atoms with Crippen molar-refractivity contribution in [3.63, 3.8) is 0 Å². The summed E-state index contributed by atoms with van der Waals surface area (Å²) in [4.78, 5) is 12.4. The van der Waals surface area contributed by atoms with Gasteiger partial charge in [0.25, 0.3) is 0 Å². The fourth-order valence-corrected chi connectivity index (χ4v) is 2.32. The Morgan fingerprint density at radius 1 is 0.857 bits per heavy atom. The Bertz CT molecular complexity index is 853. The van der Waals surface area contributed by atoms with Crippen molar-refractivity contribution in [2.24, 2.45) is 0 Å². The van der Waals surface area contributed by atoms with E-state index in [1.165, 1.54) is 13.0 Å². The molecule has 0 fully saturated rings. The van der Waals surface area contributed by atoms with Crippen molar-refractivity contribution in [1.29, 1.82) is 0 Å². The molecule has 0 aliphatic rings. The molecule has 3 aromatic carbocycles. The van der Waals surface area contributed by atoms with Gasteiger partial charge in [0, 0.05) is 11.6 Å². The summed E-state index contributed by atoms with van der Waals surface area (Å²) in [5.41, 5.74) is 0.531. The quantitative estimate of drug-likeness (QED) is 0.625. The predicted octanol–water partition coefficient (Wildman–Crippen LogP) is 4.66. The Kier molecular flexibility index (Phi) is 3.26. The van der Waals surface area contributed by atoms with Gasteiger partial charge in [-0.25, -0.2) is 8.78 Å². The van der Waals surface area contributed by atoms with Crippen LogP contribution in [0.5, 0.6) is 0 Å². The lowest BCUT2D eigenvalue weighted by Gasteiger charge is -2.06. The maximum Gasteiger partial charge on any atom is 0.196 e. The van der Waals surface area contributed by atoms with Gasteiger partial charge in [-0.15, -0.1) is 0 Å². The Morgan fingerprint density at radius 2 is 1.57 bits per heavy atom. The molecule has 0 radical (unpaired) electrons. The SMILES string of the molecule is Cc1cc(C(=O)c2ccc3ccccc3c2)c(F)cc1F. The summed E-state index contributed by atoms with van der Waals surface area (Å²) in [5, 5.41) is 1.91. The summed E-state index contributed by atoms with van der Waals surface area (Å²) < 4.78 is 27.1. The van der Waals surface area contributed by atoms with E-state index in [4.69, 9.17) is 0 Å². The van der Waals surface area contributed by atoms with Gasteiger partial charge in [-0.2, -0.15) is 0 Å². The molecule has 0 N–H and O–H groups in total. The van der Waals surface area contributed by atoms with Gasteiger partial charge >= 0.3 is 0 Å². The molecule has 21 heavy (non-hydrogen) atoms. The third kappa shape index (κ3) is 2.42. The van der Waals surface area contributed by atoms with Crippen LogP contribution in [0.15, 0.2) is 54.6 Å². The van der Waals surface area contributed by atoms with E-state index in [0.29, 0.717) is 5.56 Å². The van der Waals surface area contributed by atoms with E-state index >= 15 is 0 Å². The molecule has 0 aliphatic heterocycles. The van der Waals surface area contributed by atoms with Crippen LogP contribution in [0.4, 0.5) is 8.78 Å². The van der Waals surface area contributed by atoms with E-state index in [0.717, 1.165) is 16.8 Å². The van der Waals surface area contributed by atoms with E-state index in [9.17, 15) is 13.6 Å². The van der Waals surface area contributed by atoms with Crippen molar-refractivity contribution in [1.82, 2.24) is 0 Å². The molecule has 3 heteroatoms. The maximum absolute atomic E-state index is 13.8. The van der Waals surface area contributed by atoms with Crippen molar-refractivity contribution in [2.75, 3.05) is 0 Å². The molecule has 3 aromatic rings. The standard InChI is InChI=1S/C18H12F2O/c1-11-8-15(17(20)10-16(11)19)18(21)14-7-6-12-4-2-3-5-13(12)9-14/h2-10H,1H3. The van der Waals surface area contributed by atoms with Gasteiger partial charge in [0.05, 0.1) is 5.56 Å². The van der Waals surface area contributed by atoms with Gasteiger partial charge in [0.1, 0.15) is 11.6 Å². The number of fused-ring (bicyclic) bond motifs is 1. The summed E-state index contributed by atoms with van der Waals surface area (Å²) >= 11 is 0. The highest BCUT2D eigenvalue weighted by molar-refractivity contribution is 6.10. The summed E-state index contributed by atoms with van der Waals surface area (Å²) in [5.74, 6) is -1.93. The molecule has 0 spiro atoms. The summed E-state index contributed by atoms with van der Waals surface area (Å²) in [6.45, 7) is 1.51. The van der Waals surface area contributed by atoms with Crippen LogP contribution in [-0.4, -0.2) is 5.78 Å². The van der Waals surface area contributed by atoms with Gasteiger partial charge in [0.15, 0.2) is 5.78 Å². The van der Waals surface area contributed by atoms with E-state index < -0.39 is 17.4 Å². The first-order valence-corrected chi connectivity index (χ1v) is 6.55. The highest BCUT2D eigenvalue weighted by Crippen LogP contribution is 2.21. The number of carbonyl (C=O) groups is 1. The first-order chi connectivity index (χ1) is 10.1. The lowest BCUT2D eigenvalue weighted by atomic mass is 9.98. The van der Waals surface area contributed by atoms with Crippen molar-refractivity contribution in [3.05, 3.63) is 82.9 Å². The smallest absolute Gasteiger partial charge is 0.196 e. The molecule has 0 heterocycles. The Hall–Kier alpha value is -2.55. The minimum atomic E-state index is -0.837. The average Bonchev–Trinajstić information content (AvgIpc) is 2.50. The molecular formula is C18H12F2O. The molecular weight excluding hydrogens is 270 g/mol. The zero-order valence-corrected chi connectivity index (χ0v) is 11.4. The average molecular weight is 282 g/mol. The normalized spacial score (nSPS) is 10.8. The second kappa shape index (κ2) is 5.09. The van der Waals surface area contributed by atoms with Gasteiger partial charge < -0.3 is 0 Å². The van der Waals surface area contributed by atoms with Crippen LogP contribution in [0.25, 0.3) is 10.8 Å². The van der Waals surface area contributed by atoms with E-state index in [2.05, 4.69) is 0 Å². The van der Waals surface area contributed by atoms with Crippen LogP contribution in [0.3, 0.4) is 0 Å².